The van der Waals surface area contributed by atoms with Gasteiger partial charge in [-0.05, 0) is 12.1 Å². The fourth-order valence-electron chi connectivity index (χ4n) is 0.940. The van der Waals surface area contributed by atoms with Crippen molar-refractivity contribution in [1.82, 2.24) is 4.98 Å². The third-order valence-corrected chi connectivity index (χ3v) is 2.64. The zero-order chi connectivity index (χ0) is 12.0. The monoisotopic (exact) mass is 240 g/mol. The summed E-state index contributed by atoms with van der Waals surface area (Å²) in [6.45, 7) is -0.250. The molecular weight excluding hydrogens is 232 g/mol. The van der Waals surface area contributed by atoms with E-state index in [4.69, 9.17) is 20.1 Å². The second-order valence-electron chi connectivity index (χ2n) is 2.50. The van der Waals surface area contributed by atoms with Crippen LogP contribution in [-0.2, 0) is 4.79 Å². The molecule has 3 N–H and O–H groups in total. The van der Waals surface area contributed by atoms with Crippen molar-refractivity contribution in [2.45, 2.75) is 0 Å². The summed E-state index contributed by atoms with van der Waals surface area (Å²) < 4.78 is 5.06. The molecule has 0 aliphatic carbocycles. The Hall–Kier alpha value is -2.15. The van der Waals surface area contributed by atoms with E-state index in [1.165, 1.54) is 17.7 Å². The number of aromatic nitrogens is 1. The number of nitrogens with two attached hydrogens (primary N) is 1. The minimum absolute atomic E-state index is 0.250. The Morgan fingerprint density at radius 2 is 2.25 bits per heavy atom. The highest BCUT2D eigenvalue weighted by atomic mass is 32.1. The molecule has 0 atom stereocenters. The van der Waals surface area contributed by atoms with Gasteiger partial charge in [-0.15, -0.1) is 11.3 Å². The van der Waals surface area contributed by atoms with Gasteiger partial charge in [-0.1, -0.05) is 0 Å². The van der Waals surface area contributed by atoms with Gasteiger partial charge in [0.25, 0.3) is 12.4 Å². The Morgan fingerprint density at radius 3 is 2.69 bits per heavy atom. The lowest BCUT2D eigenvalue weighted by molar-refractivity contribution is -0.122. The lowest BCUT2D eigenvalue weighted by Gasteiger charge is -1.86. The Balaban J connectivity index is 0.000000386. The van der Waals surface area contributed by atoms with E-state index >= 15 is 0 Å². The average molecular weight is 240 g/mol. The number of primary amides is 1. The summed E-state index contributed by atoms with van der Waals surface area (Å²) in [4.78, 5) is 24.3. The maximum Gasteiger partial charge on any atom is 0.290 e. The molecule has 0 fully saturated rings. The molecule has 2 aromatic heterocycles. The molecule has 0 unspecified atom stereocenters. The zero-order valence-electron chi connectivity index (χ0n) is 7.99. The van der Waals surface area contributed by atoms with Crippen LogP contribution < -0.4 is 5.73 Å². The summed E-state index contributed by atoms with van der Waals surface area (Å²) in [7, 11) is 0. The molecule has 6 nitrogen and oxygen atoms in total. The van der Waals surface area contributed by atoms with Gasteiger partial charge >= 0.3 is 0 Å². The predicted octanol–water partition coefficient (Wildman–Crippen LogP) is 1.20. The molecular formula is C9H8N2O4S. The average Bonchev–Trinajstić information content (AvgIpc) is 2.90. The lowest BCUT2D eigenvalue weighted by atomic mass is 10.4. The van der Waals surface area contributed by atoms with Crippen molar-refractivity contribution in [2.75, 3.05) is 0 Å². The summed E-state index contributed by atoms with van der Waals surface area (Å²) in [5.41, 5.74) is 5.11. The highest BCUT2D eigenvalue weighted by Gasteiger charge is 2.08. The van der Waals surface area contributed by atoms with Crippen LogP contribution in [0.5, 0.6) is 0 Å². The van der Waals surface area contributed by atoms with Crippen molar-refractivity contribution < 1.29 is 19.1 Å². The van der Waals surface area contributed by atoms with E-state index in [1.807, 2.05) is 0 Å². The number of hydrogen-bond acceptors (Lipinski definition) is 5. The minimum atomic E-state index is -0.421. The van der Waals surface area contributed by atoms with Gasteiger partial charge in [-0.3, -0.25) is 9.59 Å². The Bertz CT molecular complexity index is 464. The largest absolute Gasteiger partial charge is 0.483 e. The van der Waals surface area contributed by atoms with Gasteiger partial charge in [0.1, 0.15) is 0 Å². The van der Waals surface area contributed by atoms with Crippen LogP contribution in [0.1, 0.15) is 9.67 Å². The van der Waals surface area contributed by atoms with Crippen molar-refractivity contribution in [1.29, 1.82) is 0 Å². The molecule has 0 aromatic carbocycles. The van der Waals surface area contributed by atoms with Crippen molar-refractivity contribution >= 4 is 23.7 Å². The number of hydrogen-bond donors (Lipinski definition) is 2. The predicted molar refractivity (Wildman–Crippen MR) is 57.0 cm³/mol. The molecule has 16 heavy (non-hydrogen) atoms. The number of carbonyl (C=O) groups excluding carboxylic acids is 1. The quantitative estimate of drug-likeness (QED) is 0.767. The molecule has 0 saturated carbocycles. The minimum Gasteiger partial charge on any atom is -0.483 e. The van der Waals surface area contributed by atoms with E-state index in [0.717, 1.165) is 4.88 Å². The molecule has 2 heterocycles. The van der Waals surface area contributed by atoms with Crippen LogP contribution in [0.4, 0.5) is 0 Å². The third-order valence-electron chi connectivity index (χ3n) is 1.52. The summed E-state index contributed by atoms with van der Waals surface area (Å²) in [6.07, 6.45) is 2.94. The fraction of sp³-hybridized carbons (Fsp3) is 0. The van der Waals surface area contributed by atoms with Crippen LogP contribution in [0.2, 0.25) is 0 Å². The van der Waals surface area contributed by atoms with E-state index in [9.17, 15) is 4.79 Å². The van der Waals surface area contributed by atoms with Gasteiger partial charge in [0, 0.05) is 0 Å². The first-order valence-corrected chi connectivity index (χ1v) is 4.87. The number of amides is 1. The van der Waals surface area contributed by atoms with Crippen LogP contribution in [-0.4, -0.2) is 22.5 Å². The van der Waals surface area contributed by atoms with Gasteiger partial charge in [0.2, 0.25) is 0 Å². The van der Waals surface area contributed by atoms with E-state index < -0.39 is 5.91 Å². The molecule has 0 aliphatic heterocycles. The number of thiophene rings is 1. The Labute approximate surface area is 94.3 Å². The van der Waals surface area contributed by atoms with Crippen molar-refractivity contribution in [3.05, 3.63) is 29.6 Å². The van der Waals surface area contributed by atoms with Gasteiger partial charge in [-0.2, -0.15) is 0 Å². The lowest BCUT2D eigenvalue weighted by Crippen LogP contribution is -2.07. The summed E-state index contributed by atoms with van der Waals surface area (Å²) in [6, 6.07) is 3.45. The van der Waals surface area contributed by atoms with Crippen molar-refractivity contribution in [2.24, 2.45) is 5.73 Å². The van der Waals surface area contributed by atoms with E-state index in [0.29, 0.717) is 10.6 Å². The van der Waals surface area contributed by atoms with Crippen LogP contribution in [0.25, 0.3) is 10.6 Å². The molecule has 1 amide bonds. The van der Waals surface area contributed by atoms with Gasteiger partial charge in [0.15, 0.2) is 12.2 Å². The highest BCUT2D eigenvalue weighted by molar-refractivity contribution is 7.17. The third kappa shape index (κ3) is 2.92. The molecule has 0 radical (unpaired) electrons. The molecule has 0 spiro atoms. The normalized spacial score (nSPS) is 9.00. The number of carbonyl (C=O) groups is 2. The van der Waals surface area contributed by atoms with Gasteiger partial charge < -0.3 is 15.3 Å². The Kier molecular flexibility index (Phi) is 4.22. The van der Waals surface area contributed by atoms with E-state index in [-0.39, 0.29) is 6.47 Å². The molecule has 2 rings (SSSR count). The maximum absolute atomic E-state index is 10.8. The topological polar surface area (TPSA) is 106 Å². The van der Waals surface area contributed by atoms with Crippen LogP contribution in [0.3, 0.4) is 0 Å². The van der Waals surface area contributed by atoms with Crippen LogP contribution in [0.15, 0.2) is 29.1 Å². The van der Waals surface area contributed by atoms with Gasteiger partial charge in [0.05, 0.1) is 16.0 Å². The van der Waals surface area contributed by atoms with Gasteiger partial charge in [-0.25, -0.2) is 4.98 Å². The first-order valence-electron chi connectivity index (χ1n) is 4.05. The van der Waals surface area contributed by atoms with Crippen LogP contribution in [0, 0.1) is 0 Å². The SMILES string of the molecule is NC(=O)c1ccc(-c2cnco2)s1.O=CO. The standard InChI is InChI=1S/C8H6N2O2S.CH2O2/c9-8(11)7-2-1-6(13-7)5-3-10-4-12-5;2-1-3/h1-4H,(H2,9,11);1H,(H,2,3). The highest BCUT2D eigenvalue weighted by Crippen LogP contribution is 2.27. The molecule has 84 valence electrons. The maximum atomic E-state index is 10.8. The number of oxazole rings is 1. The molecule has 0 saturated heterocycles. The van der Waals surface area contributed by atoms with Crippen molar-refractivity contribution in [3.8, 4) is 10.6 Å². The van der Waals surface area contributed by atoms with E-state index in [1.54, 1.807) is 18.3 Å². The number of nitrogens with zero attached hydrogens (tertiary/aromatic N) is 1. The molecule has 2 aromatic rings. The molecule has 0 aliphatic rings. The summed E-state index contributed by atoms with van der Waals surface area (Å²) >= 11 is 1.29. The second-order valence-corrected chi connectivity index (χ2v) is 3.58. The summed E-state index contributed by atoms with van der Waals surface area (Å²) in [5.74, 6) is 0.230. The molecule has 0 bridgehead atoms. The summed E-state index contributed by atoms with van der Waals surface area (Å²) in [5, 5.41) is 6.89. The smallest absolute Gasteiger partial charge is 0.290 e. The number of carboxylic acid groups (broad SMARTS) is 1. The zero-order valence-corrected chi connectivity index (χ0v) is 8.81. The van der Waals surface area contributed by atoms with Crippen LogP contribution >= 0.6 is 11.3 Å². The first-order chi connectivity index (χ1) is 7.69. The van der Waals surface area contributed by atoms with E-state index in [2.05, 4.69) is 4.98 Å². The fourth-order valence-corrected chi connectivity index (χ4v) is 1.75. The Morgan fingerprint density at radius 1 is 1.56 bits per heavy atom. The molecule has 7 heteroatoms. The first kappa shape index (κ1) is 11.9. The second kappa shape index (κ2) is 5.66. The van der Waals surface area contributed by atoms with Crippen molar-refractivity contribution in [3.63, 3.8) is 0 Å². The number of rotatable bonds is 2.